The summed E-state index contributed by atoms with van der Waals surface area (Å²) in [6.07, 6.45) is 78.9. The van der Waals surface area contributed by atoms with Crippen molar-refractivity contribution in [2.75, 3.05) is 47.5 Å². The van der Waals surface area contributed by atoms with Gasteiger partial charge in [0, 0.05) is 12.8 Å². The van der Waals surface area contributed by atoms with Crippen LogP contribution >= 0.6 is 0 Å². The summed E-state index contributed by atoms with van der Waals surface area (Å²) >= 11 is 0. The Morgan fingerprint density at radius 2 is 0.651 bits per heavy atom. The number of hydrogen-bond donors (Lipinski definition) is 1. The molecule has 0 aliphatic heterocycles. The van der Waals surface area contributed by atoms with Crippen LogP contribution in [0.15, 0.2) is 24.3 Å². The third-order valence-corrected chi connectivity index (χ3v) is 16.7. The fourth-order valence-corrected chi connectivity index (χ4v) is 11.1. The van der Waals surface area contributed by atoms with Crippen molar-refractivity contribution in [3.05, 3.63) is 24.3 Å². The third-order valence-electron chi connectivity index (χ3n) is 16.7. The number of likely N-dealkylation sites (N-methyl/N-ethyl adjacent to an activating group) is 1. The number of rotatable bonds is 69. The summed E-state index contributed by atoms with van der Waals surface area (Å²) in [5.74, 6) is -1.97. The molecule has 0 aliphatic carbocycles. The van der Waals surface area contributed by atoms with Crippen molar-refractivity contribution in [1.29, 1.82) is 0 Å². The van der Waals surface area contributed by atoms with E-state index in [9.17, 15) is 19.5 Å². The summed E-state index contributed by atoms with van der Waals surface area (Å²) in [6, 6.07) is 0. The number of carbonyl (C=O) groups is 3. The van der Waals surface area contributed by atoms with Gasteiger partial charge in [0.15, 0.2) is 6.10 Å². The van der Waals surface area contributed by atoms with Gasteiger partial charge in [0.05, 0.1) is 34.4 Å². The zero-order valence-electron chi connectivity index (χ0n) is 56.1. The van der Waals surface area contributed by atoms with Crippen molar-refractivity contribution < 1.29 is 42.9 Å². The van der Waals surface area contributed by atoms with Crippen LogP contribution in [-0.4, -0.2) is 87.4 Å². The summed E-state index contributed by atoms with van der Waals surface area (Å²) in [5.41, 5.74) is 0. The van der Waals surface area contributed by atoms with Crippen LogP contribution in [0.4, 0.5) is 0 Å². The minimum atomic E-state index is -1.51. The number of nitrogens with zero attached hydrogens (tertiary/aromatic N) is 1. The molecule has 0 aromatic heterocycles. The highest BCUT2D eigenvalue weighted by Crippen LogP contribution is 2.19. The molecule has 9 nitrogen and oxygen atoms in total. The number of esters is 2. The van der Waals surface area contributed by atoms with Crippen LogP contribution in [0.3, 0.4) is 0 Å². The van der Waals surface area contributed by atoms with E-state index in [0.717, 1.165) is 44.9 Å². The Balaban J connectivity index is 3.94. The second kappa shape index (κ2) is 65.7. The van der Waals surface area contributed by atoms with Crippen LogP contribution in [0.2, 0.25) is 0 Å². The number of carboxylic acid groups (broad SMARTS) is 1. The number of quaternary nitrogens is 1. The first-order valence-corrected chi connectivity index (χ1v) is 36.5. The lowest BCUT2D eigenvalue weighted by atomic mass is 10.0. The Kier molecular flexibility index (Phi) is 64.0. The molecule has 0 radical (unpaired) electrons. The van der Waals surface area contributed by atoms with E-state index in [-0.39, 0.29) is 38.2 Å². The summed E-state index contributed by atoms with van der Waals surface area (Å²) in [4.78, 5) is 37.6. The third kappa shape index (κ3) is 67.1. The van der Waals surface area contributed by atoms with Gasteiger partial charge in [-0.1, -0.05) is 340 Å². The number of aliphatic carboxylic acids is 1. The first-order chi connectivity index (χ1) is 40.6. The van der Waals surface area contributed by atoms with E-state index in [1.165, 1.54) is 302 Å². The first kappa shape index (κ1) is 80.8. The van der Waals surface area contributed by atoms with E-state index >= 15 is 0 Å². The second-order valence-corrected chi connectivity index (χ2v) is 26.3. The number of carboxylic acids is 1. The van der Waals surface area contributed by atoms with Crippen molar-refractivity contribution in [2.24, 2.45) is 0 Å². The molecule has 0 saturated carbocycles. The predicted molar refractivity (Wildman–Crippen MR) is 355 cm³/mol. The Morgan fingerprint density at radius 1 is 0.361 bits per heavy atom. The molecule has 490 valence electrons. The van der Waals surface area contributed by atoms with E-state index in [1.807, 2.05) is 21.1 Å². The molecule has 1 N–H and O–H groups in total. The van der Waals surface area contributed by atoms with Crippen molar-refractivity contribution in [1.82, 2.24) is 0 Å². The number of allylic oxidation sites excluding steroid dienone is 4. The summed E-state index contributed by atoms with van der Waals surface area (Å²) in [7, 11) is 5.99. The van der Waals surface area contributed by atoms with Crippen LogP contribution in [0.1, 0.15) is 373 Å². The standard InChI is InChI=1S/C74H141NO8/c1-6-8-10-12-14-16-18-20-22-24-26-27-28-29-30-31-32-33-34-35-36-37-38-39-40-41-42-43-44-45-47-49-51-53-55-57-59-61-63-65-72(77)83-70(69-82-74(73(78)79)80-67-66-75(3,4)5)68-81-71(76)64-62-60-58-56-54-52-50-48-46-25-23-21-19-17-15-13-11-9-7-2/h18,20,24,26,70,74H,6-17,19,21-23,25,27-69H2,1-5H3/p+1/b20-18-,26-24-. The van der Waals surface area contributed by atoms with Gasteiger partial charge in [-0.3, -0.25) is 9.59 Å². The molecule has 0 amide bonds. The molecule has 0 rings (SSSR count). The van der Waals surface area contributed by atoms with E-state index in [0.29, 0.717) is 17.4 Å². The van der Waals surface area contributed by atoms with Gasteiger partial charge in [0.2, 0.25) is 0 Å². The molecule has 83 heavy (non-hydrogen) atoms. The molecule has 0 aromatic rings. The zero-order chi connectivity index (χ0) is 60.5. The summed E-state index contributed by atoms with van der Waals surface area (Å²) in [6.45, 7) is 4.94. The van der Waals surface area contributed by atoms with E-state index < -0.39 is 18.4 Å². The van der Waals surface area contributed by atoms with Crippen LogP contribution in [-0.2, 0) is 33.3 Å². The van der Waals surface area contributed by atoms with Gasteiger partial charge >= 0.3 is 17.9 Å². The lowest BCUT2D eigenvalue weighted by molar-refractivity contribution is -0.870. The number of ether oxygens (including phenoxy) is 4. The molecular formula is C74H142NO8+. The molecular weight excluding hydrogens is 1030 g/mol. The van der Waals surface area contributed by atoms with Gasteiger partial charge in [-0.15, -0.1) is 0 Å². The van der Waals surface area contributed by atoms with E-state index in [4.69, 9.17) is 18.9 Å². The Hall–Kier alpha value is -2.23. The monoisotopic (exact) mass is 1170 g/mol. The van der Waals surface area contributed by atoms with Crippen LogP contribution in [0.25, 0.3) is 0 Å². The SMILES string of the molecule is CCCCCCC/C=C\C/C=C\CCCCCCCCCCCCCCCCCCCCCCCCCCCCCC(=O)OC(COC(=O)CCCCCCCCCCCCCCCCCCCCC)COC(OCC[N+](C)(C)C)C(=O)O. The van der Waals surface area contributed by atoms with Gasteiger partial charge in [0.1, 0.15) is 13.2 Å². The maximum atomic E-state index is 12.9. The molecule has 0 bridgehead atoms. The van der Waals surface area contributed by atoms with E-state index in [2.05, 4.69) is 38.2 Å². The lowest BCUT2D eigenvalue weighted by Crippen LogP contribution is -2.40. The Labute approximate surface area is 516 Å². The topological polar surface area (TPSA) is 108 Å². The van der Waals surface area contributed by atoms with Crippen molar-refractivity contribution in [3.63, 3.8) is 0 Å². The van der Waals surface area contributed by atoms with Gasteiger partial charge in [-0.2, -0.15) is 0 Å². The molecule has 9 heteroatoms. The zero-order valence-corrected chi connectivity index (χ0v) is 56.1. The Morgan fingerprint density at radius 3 is 0.952 bits per heavy atom. The second-order valence-electron chi connectivity index (χ2n) is 26.3. The molecule has 0 aromatic carbocycles. The van der Waals surface area contributed by atoms with Crippen LogP contribution < -0.4 is 0 Å². The highest BCUT2D eigenvalue weighted by molar-refractivity contribution is 5.71. The molecule has 2 atom stereocenters. The van der Waals surface area contributed by atoms with Gasteiger partial charge < -0.3 is 28.5 Å². The molecule has 0 spiro atoms. The minimum absolute atomic E-state index is 0.174. The quantitative estimate of drug-likeness (QED) is 0.0211. The minimum Gasteiger partial charge on any atom is -0.477 e. The first-order valence-electron chi connectivity index (χ1n) is 36.5. The highest BCUT2D eigenvalue weighted by Gasteiger charge is 2.25. The normalized spacial score (nSPS) is 12.7. The average molecular weight is 1170 g/mol. The van der Waals surface area contributed by atoms with Crippen molar-refractivity contribution >= 4 is 17.9 Å². The van der Waals surface area contributed by atoms with Gasteiger partial charge in [-0.25, -0.2) is 4.79 Å². The highest BCUT2D eigenvalue weighted by atomic mass is 16.7. The lowest BCUT2D eigenvalue weighted by Gasteiger charge is -2.25. The van der Waals surface area contributed by atoms with Crippen LogP contribution in [0.5, 0.6) is 0 Å². The fraction of sp³-hybridized carbons (Fsp3) is 0.905. The average Bonchev–Trinajstić information content (AvgIpc) is 3.46. The molecule has 0 aliphatic rings. The smallest absolute Gasteiger partial charge is 0.361 e. The van der Waals surface area contributed by atoms with E-state index in [1.54, 1.807) is 0 Å². The van der Waals surface area contributed by atoms with Crippen LogP contribution in [0, 0.1) is 0 Å². The largest absolute Gasteiger partial charge is 0.477 e. The Bertz CT molecular complexity index is 1410. The maximum absolute atomic E-state index is 12.9. The number of hydrogen-bond acceptors (Lipinski definition) is 7. The maximum Gasteiger partial charge on any atom is 0.361 e. The summed E-state index contributed by atoms with van der Waals surface area (Å²) in [5, 5.41) is 9.74. The molecule has 2 unspecified atom stereocenters. The van der Waals surface area contributed by atoms with Gasteiger partial charge in [0.25, 0.3) is 6.29 Å². The number of carbonyl (C=O) groups excluding carboxylic acids is 2. The van der Waals surface area contributed by atoms with Crippen molar-refractivity contribution in [3.8, 4) is 0 Å². The van der Waals surface area contributed by atoms with Gasteiger partial charge in [-0.05, 0) is 44.9 Å². The molecule has 0 heterocycles. The molecule has 0 fully saturated rings. The summed E-state index contributed by atoms with van der Waals surface area (Å²) < 4.78 is 23.0. The van der Waals surface area contributed by atoms with Crippen molar-refractivity contribution in [2.45, 2.75) is 386 Å². The molecule has 0 saturated heterocycles. The predicted octanol–water partition coefficient (Wildman–Crippen LogP) is 22.6. The fourth-order valence-electron chi connectivity index (χ4n) is 11.1. The number of unbranched alkanes of at least 4 members (excludes halogenated alkanes) is 50.